The normalized spacial score (nSPS) is 10.7. The van der Waals surface area contributed by atoms with Crippen LogP contribution in [0.15, 0.2) is 53.1 Å². The van der Waals surface area contributed by atoms with Crippen molar-refractivity contribution in [2.24, 2.45) is 0 Å². The zero-order valence-electron chi connectivity index (χ0n) is 10.2. The maximum atomic E-state index is 5.25. The van der Waals surface area contributed by atoms with Crippen LogP contribution in [0.1, 0.15) is 11.6 Å². The van der Waals surface area contributed by atoms with Gasteiger partial charge < -0.3 is 9.73 Å². The van der Waals surface area contributed by atoms with Crippen molar-refractivity contribution in [1.82, 2.24) is 25.5 Å². The molecular formula is C13H13N5O. The molecule has 19 heavy (non-hydrogen) atoms. The summed E-state index contributed by atoms with van der Waals surface area (Å²) < 4.78 is 6.96. The molecule has 0 amide bonds. The Balaban J connectivity index is 1.67. The predicted molar refractivity (Wildman–Crippen MR) is 68.4 cm³/mol. The first-order valence-corrected chi connectivity index (χ1v) is 5.99. The molecule has 0 aliphatic rings. The topological polar surface area (TPSA) is 68.8 Å². The molecule has 96 valence electrons. The van der Waals surface area contributed by atoms with Gasteiger partial charge in [0.2, 0.25) is 0 Å². The highest BCUT2D eigenvalue weighted by atomic mass is 16.3. The van der Waals surface area contributed by atoms with Gasteiger partial charge in [0.1, 0.15) is 5.76 Å². The van der Waals surface area contributed by atoms with Crippen LogP contribution in [0, 0.1) is 0 Å². The summed E-state index contributed by atoms with van der Waals surface area (Å²) in [5, 5.41) is 15.0. The highest BCUT2D eigenvalue weighted by molar-refractivity contribution is 5.30. The number of hydrogen-bond donors (Lipinski definition) is 1. The Hall–Kier alpha value is -2.47. The van der Waals surface area contributed by atoms with E-state index in [1.54, 1.807) is 10.9 Å². The molecule has 6 nitrogen and oxygen atoms in total. The van der Waals surface area contributed by atoms with Crippen molar-refractivity contribution in [3.63, 3.8) is 0 Å². The first kappa shape index (κ1) is 11.6. The molecule has 0 saturated heterocycles. The molecule has 0 saturated carbocycles. The largest absolute Gasteiger partial charge is 0.468 e. The molecule has 2 heterocycles. The molecule has 0 bridgehead atoms. The van der Waals surface area contributed by atoms with Gasteiger partial charge in [-0.2, -0.15) is 4.68 Å². The SMILES string of the molecule is c1ccc(-n2nnnc2CNCc2ccco2)cc1. The lowest BCUT2D eigenvalue weighted by Gasteiger charge is -2.04. The molecule has 3 rings (SSSR count). The maximum Gasteiger partial charge on any atom is 0.170 e. The van der Waals surface area contributed by atoms with Crippen molar-refractivity contribution < 1.29 is 4.42 Å². The van der Waals surface area contributed by atoms with Crippen LogP contribution < -0.4 is 5.32 Å². The van der Waals surface area contributed by atoms with Crippen LogP contribution in [-0.4, -0.2) is 20.2 Å². The third-order valence-electron chi connectivity index (χ3n) is 2.70. The lowest BCUT2D eigenvalue weighted by Crippen LogP contribution is -2.16. The summed E-state index contributed by atoms with van der Waals surface area (Å²) in [7, 11) is 0. The van der Waals surface area contributed by atoms with E-state index < -0.39 is 0 Å². The van der Waals surface area contributed by atoms with Crippen molar-refractivity contribution in [3.05, 3.63) is 60.3 Å². The third-order valence-corrected chi connectivity index (χ3v) is 2.70. The summed E-state index contributed by atoms with van der Waals surface area (Å²) in [6.07, 6.45) is 1.66. The third kappa shape index (κ3) is 2.69. The number of benzene rings is 1. The quantitative estimate of drug-likeness (QED) is 0.749. The van der Waals surface area contributed by atoms with E-state index in [9.17, 15) is 0 Å². The summed E-state index contributed by atoms with van der Waals surface area (Å²) in [5.74, 6) is 1.65. The molecule has 2 aromatic heterocycles. The van der Waals surface area contributed by atoms with Gasteiger partial charge in [0.05, 0.1) is 25.0 Å². The van der Waals surface area contributed by atoms with E-state index in [4.69, 9.17) is 4.42 Å². The molecule has 0 radical (unpaired) electrons. The van der Waals surface area contributed by atoms with Gasteiger partial charge in [-0.05, 0) is 34.7 Å². The van der Waals surface area contributed by atoms with E-state index in [1.165, 1.54) is 0 Å². The number of nitrogens with zero attached hydrogens (tertiary/aromatic N) is 4. The number of nitrogens with one attached hydrogen (secondary N) is 1. The summed E-state index contributed by atoms with van der Waals surface area (Å²) in [6, 6.07) is 13.6. The molecule has 0 aliphatic carbocycles. The van der Waals surface area contributed by atoms with E-state index in [2.05, 4.69) is 20.8 Å². The number of furan rings is 1. The zero-order valence-corrected chi connectivity index (χ0v) is 10.2. The van der Waals surface area contributed by atoms with Crippen LogP contribution in [0.5, 0.6) is 0 Å². The Kier molecular flexibility index (Phi) is 3.33. The van der Waals surface area contributed by atoms with Crippen LogP contribution >= 0.6 is 0 Å². The molecule has 0 unspecified atom stereocenters. The number of para-hydroxylation sites is 1. The van der Waals surface area contributed by atoms with Gasteiger partial charge >= 0.3 is 0 Å². The smallest absolute Gasteiger partial charge is 0.170 e. The molecule has 0 fully saturated rings. The van der Waals surface area contributed by atoms with Crippen molar-refractivity contribution in [2.45, 2.75) is 13.1 Å². The molecule has 1 aromatic carbocycles. The second-order valence-electron chi connectivity index (χ2n) is 4.03. The second kappa shape index (κ2) is 5.45. The Labute approximate surface area is 110 Å². The van der Waals surface area contributed by atoms with Gasteiger partial charge in [-0.3, -0.25) is 0 Å². The first-order valence-electron chi connectivity index (χ1n) is 5.99. The van der Waals surface area contributed by atoms with E-state index in [0.29, 0.717) is 13.1 Å². The van der Waals surface area contributed by atoms with Gasteiger partial charge in [0.15, 0.2) is 5.82 Å². The van der Waals surface area contributed by atoms with E-state index in [1.807, 2.05) is 42.5 Å². The van der Waals surface area contributed by atoms with Crippen molar-refractivity contribution in [1.29, 1.82) is 0 Å². The van der Waals surface area contributed by atoms with Gasteiger partial charge in [-0.25, -0.2) is 0 Å². The summed E-state index contributed by atoms with van der Waals surface area (Å²) in [4.78, 5) is 0. The van der Waals surface area contributed by atoms with Gasteiger partial charge in [0, 0.05) is 0 Å². The fraction of sp³-hybridized carbons (Fsp3) is 0.154. The predicted octanol–water partition coefficient (Wildman–Crippen LogP) is 1.55. The highest BCUT2D eigenvalue weighted by Gasteiger charge is 2.07. The number of tetrazole rings is 1. The molecule has 1 N–H and O–H groups in total. The van der Waals surface area contributed by atoms with Crippen LogP contribution in [0.2, 0.25) is 0 Å². The molecule has 0 aliphatic heterocycles. The molecule has 0 atom stereocenters. The monoisotopic (exact) mass is 255 g/mol. The van der Waals surface area contributed by atoms with Crippen molar-refractivity contribution >= 4 is 0 Å². The molecule has 0 spiro atoms. The lowest BCUT2D eigenvalue weighted by molar-refractivity contribution is 0.479. The zero-order chi connectivity index (χ0) is 12.9. The Morgan fingerprint density at radius 1 is 1.05 bits per heavy atom. The number of aromatic nitrogens is 4. The number of rotatable bonds is 5. The lowest BCUT2D eigenvalue weighted by atomic mass is 10.3. The highest BCUT2D eigenvalue weighted by Crippen LogP contribution is 2.07. The number of hydrogen-bond acceptors (Lipinski definition) is 5. The van der Waals surface area contributed by atoms with E-state index in [-0.39, 0.29) is 0 Å². The van der Waals surface area contributed by atoms with Crippen LogP contribution in [0.25, 0.3) is 5.69 Å². The minimum absolute atomic E-state index is 0.572. The van der Waals surface area contributed by atoms with Crippen molar-refractivity contribution in [3.8, 4) is 5.69 Å². The average molecular weight is 255 g/mol. The summed E-state index contributed by atoms with van der Waals surface area (Å²) in [5.41, 5.74) is 0.947. The Morgan fingerprint density at radius 3 is 2.74 bits per heavy atom. The molecular weight excluding hydrogens is 242 g/mol. The van der Waals surface area contributed by atoms with Gasteiger partial charge in [-0.1, -0.05) is 18.2 Å². The summed E-state index contributed by atoms with van der Waals surface area (Å²) >= 11 is 0. The minimum Gasteiger partial charge on any atom is -0.468 e. The Morgan fingerprint density at radius 2 is 1.95 bits per heavy atom. The molecule has 3 aromatic rings. The van der Waals surface area contributed by atoms with Crippen LogP contribution in [0.3, 0.4) is 0 Å². The second-order valence-corrected chi connectivity index (χ2v) is 4.03. The van der Waals surface area contributed by atoms with Crippen LogP contribution in [0.4, 0.5) is 0 Å². The van der Waals surface area contributed by atoms with E-state index >= 15 is 0 Å². The standard InChI is InChI=1S/C13H13N5O/c1-2-5-11(6-3-1)18-13(15-16-17-18)10-14-9-12-7-4-8-19-12/h1-8,14H,9-10H2. The molecule has 6 heteroatoms. The summed E-state index contributed by atoms with van der Waals surface area (Å²) in [6.45, 7) is 1.22. The fourth-order valence-corrected chi connectivity index (χ4v) is 1.80. The Bertz CT molecular complexity index is 618. The van der Waals surface area contributed by atoms with E-state index in [0.717, 1.165) is 17.3 Å². The average Bonchev–Trinajstić information content (AvgIpc) is 3.11. The maximum absolute atomic E-state index is 5.25. The first-order chi connectivity index (χ1) is 9.43. The fourth-order valence-electron chi connectivity index (χ4n) is 1.80. The van der Waals surface area contributed by atoms with Crippen LogP contribution in [-0.2, 0) is 13.1 Å². The van der Waals surface area contributed by atoms with Gasteiger partial charge in [0.25, 0.3) is 0 Å². The van der Waals surface area contributed by atoms with Crippen molar-refractivity contribution in [2.75, 3.05) is 0 Å². The minimum atomic E-state index is 0.572. The van der Waals surface area contributed by atoms with Gasteiger partial charge in [-0.15, -0.1) is 5.10 Å².